The highest BCUT2D eigenvalue weighted by atomic mass is 35.5. The third-order valence-corrected chi connectivity index (χ3v) is 4.97. The fraction of sp³-hybridized carbons (Fsp3) is 0.0870. The molecule has 0 spiro atoms. The van der Waals surface area contributed by atoms with Crippen molar-refractivity contribution >= 4 is 28.6 Å². The second-order valence-corrected chi connectivity index (χ2v) is 6.86. The molecule has 1 amide bonds. The molecule has 0 aliphatic carbocycles. The number of carbonyl (C=O) groups excluding carboxylic acids is 1. The summed E-state index contributed by atoms with van der Waals surface area (Å²) in [6.07, 6.45) is 1.40. The van der Waals surface area contributed by atoms with E-state index in [0.717, 1.165) is 27.6 Å². The van der Waals surface area contributed by atoms with Crippen molar-refractivity contribution in [2.45, 2.75) is 12.6 Å². The molecule has 0 radical (unpaired) electrons. The summed E-state index contributed by atoms with van der Waals surface area (Å²) in [5.74, 6) is 0. The molecule has 0 fully saturated rings. The van der Waals surface area contributed by atoms with Crippen molar-refractivity contribution in [3.8, 4) is 0 Å². The molecule has 5 heteroatoms. The van der Waals surface area contributed by atoms with E-state index in [1.165, 1.54) is 0 Å². The van der Waals surface area contributed by atoms with Crippen molar-refractivity contribution in [3.05, 3.63) is 107 Å². The Labute approximate surface area is 168 Å². The highest BCUT2D eigenvalue weighted by Gasteiger charge is 2.22. The summed E-state index contributed by atoms with van der Waals surface area (Å²) in [6, 6.07) is 24.6. The maximum Gasteiger partial charge on any atom is 0.408 e. The summed E-state index contributed by atoms with van der Waals surface area (Å²) in [5, 5.41) is 4.58. The molecule has 1 aromatic heterocycles. The van der Waals surface area contributed by atoms with Crippen molar-refractivity contribution < 1.29 is 9.53 Å². The molecule has 0 aliphatic heterocycles. The lowest BCUT2D eigenvalue weighted by Crippen LogP contribution is -2.30. The van der Waals surface area contributed by atoms with Crippen LogP contribution < -0.4 is 5.32 Å². The molecule has 3 aromatic carbocycles. The van der Waals surface area contributed by atoms with Gasteiger partial charge in [-0.15, -0.1) is 0 Å². The number of rotatable bonds is 5. The summed E-state index contributed by atoms with van der Waals surface area (Å²) in [4.78, 5) is 15.8. The summed E-state index contributed by atoms with van der Waals surface area (Å²) >= 11 is 6.44. The molecule has 1 unspecified atom stereocenters. The van der Waals surface area contributed by atoms with E-state index in [1.807, 2.05) is 85.1 Å². The fourth-order valence-electron chi connectivity index (χ4n) is 3.25. The number of aromatic nitrogens is 1. The third-order valence-electron chi connectivity index (χ3n) is 4.62. The highest BCUT2D eigenvalue weighted by Crippen LogP contribution is 2.32. The highest BCUT2D eigenvalue weighted by molar-refractivity contribution is 6.31. The number of aromatic amines is 1. The first-order valence-electron chi connectivity index (χ1n) is 9.00. The van der Waals surface area contributed by atoms with Crippen molar-refractivity contribution in [2.24, 2.45) is 0 Å². The van der Waals surface area contributed by atoms with E-state index in [2.05, 4.69) is 10.3 Å². The van der Waals surface area contributed by atoms with E-state index in [0.29, 0.717) is 5.02 Å². The predicted octanol–water partition coefficient (Wildman–Crippen LogP) is 5.84. The molecular formula is C23H19ClN2O2. The zero-order chi connectivity index (χ0) is 19.3. The van der Waals surface area contributed by atoms with E-state index in [1.54, 1.807) is 0 Å². The van der Waals surface area contributed by atoms with Crippen LogP contribution in [0.25, 0.3) is 10.9 Å². The van der Waals surface area contributed by atoms with Crippen LogP contribution in [0, 0.1) is 0 Å². The van der Waals surface area contributed by atoms with Gasteiger partial charge in [0, 0.05) is 27.7 Å². The van der Waals surface area contributed by atoms with Crippen LogP contribution >= 0.6 is 11.6 Å². The Hall–Kier alpha value is -3.24. The lowest BCUT2D eigenvalue weighted by molar-refractivity contribution is 0.137. The van der Waals surface area contributed by atoms with E-state index >= 15 is 0 Å². The number of nitrogens with one attached hydrogen (secondary N) is 2. The largest absolute Gasteiger partial charge is 0.445 e. The van der Waals surface area contributed by atoms with Crippen LogP contribution in [0.4, 0.5) is 4.79 Å². The maximum absolute atomic E-state index is 12.6. The number of hydrogen-bond acceptors (Lipinski definition) is 2. The van der Waals surface area contributed by atoms with Gasteiger partial charge < -0.3 is 15.0 Å². The van der Waals surface area contributed by atoms with Gasteiger partial charge in [0.25, 0.3) is 0 Å². The van der Waals surface area contributed by atoms with Gasteiger partial charge in [-0.3, -0.25) is 0 Å². The van der Waals surface area contributed by atoms with Gasteiger partial charge in [-0.2, -0.15) is 0 Å². The second-order valence-electron chi connectivity index (χ2n) is 6.45. The number of para-hydroxylation sites is 1. The second kappa shape index (κ2) is 8.19. The number of benzene rings is 3. The van der Waals surface area contributed by atoms with E-state index in [-0.39, 0.29) is 6.61 Å². The summed E-state index contributed by atoms with van der Waals surface area (Å²) < 4.78 is 5.43. The van der Waals surface area contributed by atoms with Gasteiger partial charge in [0.2, 0.25) is 0 Å². The summed E-state index contributed by atoms with van der Waals surface area (Å²) in [5.41, 5.74) is 3.67. The van der Waals surface area contributed by atoms with Crippen LogP contribution in [0.3, 0.4) is 0 Å². The van der Waals surface area contributed by atoms with Crippen LogP contribution in [-0.2, 0) is 11.3 Å². The molecule has 4 nitrogen and oxygen atoms in total. The number of hydrogen-bond donors (Lipinski definition) is 2. The Balaban J connectivity index is 1.62. The molecule has 2 N–H and O–H groups in total. The van der Waals surface area contributed by atoms with E-state index in [4.69, 9.17) is 16.3 Å². The first-order valence-corrected chi connectivity index (χ1v) is 9.38. The molecule has 4 rings (SSSR count). The third kappa shape index (κ3) is 3.87. The lowest BCUT2D eigenvalue weighted by Gasteiger charge is -2.20. The van der Waals surface area contributed by atoms with Gasteiger partial charge >= 0.3 is 6.09 Å². The van der Waals surface area contributed by atoms with Gasteiger partial charge in [-0.25, -0.2) is 4.79 Å². The Morgan fingerprint density at radius 2 is 1.64 bits per heavy atom. The molecule has 0 aliphatic rings. The normalized spacial score (nSPS) is 11.9. The molecule has 4 aromatic rings. The first kappa shape index (κ1) is 18.1. The van der Waals surface area contributed by atoms with Crippen molar-refractivity contribution in [1.82, 2.24) is 10.3 Å². The van der Waals surface area contributed by atoms with Gasteiger partial charge in [0.1, 0.15) is 6.61 Å². The zero-order valence-corrected chi connectivity index (χ0v) is 15.8. The average molecular weight is 391 g/mol. The lowest BCUT2D eigenvalue weighted by atomic mass is 9.98. The number of alkyl carbamates (subject to hydrolysis) is 1. The Kier molecular flexibility index (Phi) is 5.31. The average Bonchev–Trinajstić information content (AvgIpc) is 3.16. The molecule has 28 heavy (non-hydrogen) atoms. The van der Waals surface area contributed by atoms with Gasteiger partial charge in [-0.05, 0) is 23.3 Å². The van der Waals surface area contributed by atoms with Crippen LogP contribution in [0.5, 0.6) is 0 Å². The quantitative estimate of drug-likeness (QED) is 0.450. The van der Waals surface area contributed by atoms with Crippen molar-refractivity contribution in [3.63, 3.8) is 0 Å². The molecule has 1 atom stereocenters. The maximum atomic E-state index is 12.6. The standard InChI is InChI=1S/C23H19ClN2O2/c24-20-12-6-4-11-18(20)22(19-14-25-21-13-7-5-10-17(19)21)26-23(27)28-15-16-8-2-1-3-9-16/h1-14,22,25H,15H2,(H,26,27). The minimum Gasteiger partial charge on any atom is -0.445 e. The minimum atomic E-state index is -0.501. The fourth-order valence-corrected chi connectivity index (χ4v) is 3.49. The molecule has 1 heterocycles. The predicted molar refractivity (Wildman–Crippen MR) is 111 cm³/mol. The van der Waals surface area contributed by atoms with Crippen LogP contribution in [0.2, 0.25) is 5.02 Å². The summed E-state index contributed by atoms with van der Waals surface area (Å²) in [7, 11) is 0. The number of ether oxygens (including phenoxy) is 1. The number of halogens is 1. The Bertz CT molecular complexity index is 1090. The van der Waals surface area contributed by atoms with E-state index in [9.17, 15) is 4.79 Å². The van der Waals surface area contributed by atoms with Crippen LogP contribution in [0.15, 0.2) is 85.1 Å². The first-order chi connectivity index (χ1) is 13.7. The van der Waals surface area contributed by atoms with Crippen molar-refractivity contribution in [1.29, 1.82) is 0 Å². The topological polar surface area (TPSA) is 54.1 Å². The van der Waals surface area contributed by atoms with Gasteiger partial charge in [-0.1, -0.05) is 78.3 Å². The minimum absolute atomic E-state index is 0.204. The monoisotopic (exact) mass is 390 g/mol. The molecular weight excluding hydrogens is 372 g/mol. The summed E-state index contributed by atoms with van der Waals surface area (Å²) in [6.45, 7) is 0.204. The number of carbonyl (C=O) groups is 1. The van der Waals surface area contributed by atoms with Gasteiger partial charge in [0.05, 0.1) is 6.04 Å². The smallest absolute Gasteiger partial charge is 0.408 e. The number of amides is 1. The van der Waals surface area contributed by atoms with Crippen LogP contribution in [-0.4, -0.2) is 11.1 Å². The Morgan fingerprint density at radius 1 is 0.929 bits per heavy atom. The molecule has 0 bridgehead atoms. The number of fused-ring (bicyclic) bond motifs is 1. The number of H-pyrrole nitrogens is 1. The van der Waals surface area contributed by atoms with E-state index < -0.39 is 12.1 Å². The zero-order valence-electron chi connectivity index (χ0n) is 15.1. The van der Waals surface area contributed by atoms with Crippen LogP contribution in [0.1, 0.15) is 22.7 Å². The SMILES string of the molecule is O=C(NC(c1ccccc1Cl)c1c[nH]c2ccccc12)OCc1ccccc1. The Morgan fingerprint density at radius 3 is 2.46 bits per heavy atom. The van der Waals surface area contributed by atoms with Gasteiger partial charge in [0.15, 0.2) is 0 Å². The van der Waals surface area contributed by atoms with Crippen molar-refractivity contribution in [2.75, 3.05) is 0 Å². The molecule has 140 valence electrons. The molecule has 0 saturated heterocycles. The molecule has 0 saturated carbocycles.